The molecule has 0 fully saturated rings. The summed E-state index contributed by atoms with van der Waals surface area (Å²) >= 11 is 0. The maximum atomic E-state index is 12.4. The fraction of sp³-hybridized carbons (Fsp3) is 0.355. The molecule has 212 valence electrons. The van der Waals surface area contributed by atoms with Gasteiger partial charge in [-0.2, -0.15) is 0 Å². The van der Waals surface area contributed by atoms with Gasteiger partial charge < -0.3 is 19.7 Å². The second-order valence-corrected chi connectivity index (χ2v) is 10.7. The first-order valence-electron chi connectivity index (χ1n) is 13.2. The van der Waals surface area contributed by atoms with Crippen LogP contribution in [0.1, 0.15) is 51.2 Å². The average Bonchev–Trinajstić information content (AvgIpc) is 2.89. The van der Waals surface area contributed by atoms with Crippen LogP contribution in [0.15, 0.2) is 66.7 Å². The summed E-state index contributed by atoms with van der Waals surface area (Å²) in [4.78, 5) is 37.5. The van der Waals surface area contributed by atoms with E-state index in [9.17, 15) is 19.7 Å². The lowest BCUT2D eigenvalue weighted by molar-refractivity contribution is -0.385. The minimum atomic E-state index is -0.764. The predicted molar refractivity (Wildman–Crippen MR) is 156 cm³/mol. The van der Waals surface area contributed by atoms with Crippen molar-refractivity contribution in [2.45, 2.75) is 58.6 Å². The third-order valence-corrected chi connectivity index (χ3v) is 6.10. The van der Waals surface area contributed by atoms with Crippen molar-refractivity contribution in [2.24, 2.45) is 0 Å². The number of nitrogens with one attached hydrogen (secondary N) is 1. The SMILES string of the molecule is CN(C)c1ccc([N+](=O)[O-])c(CCCCC(=O)NCc2ccc(-c3ccccc3OC(=O)OC(C)(C)C)cc2)c1. The molecule has 0 atom stereocenters. The average molecular weight is 548 g/mol. The molecule has 0 spiro atoms. The summed E-state index contributed by atoms with van der Waals surface area (Å²) < 4.78 is 10.7. The van der Waals surface area contributed by atoms with Crippen molar-refractivity contribution in [3.8, 4) is 16.9 Å². The highest BCUT2D eigenvalue weighted by molar-refractivity contribution is 5.76. The van der Waals surface area contributed by atoms with Crippen LogP contribution in [-0.4, -0.2) is 36.7 Å². The Balaban J connectivity index is 1.50. The molecule has 0 unspecified atom stereocenters. The summed E-state index contributed by atoms with van der Waals surface area (Å²) in [7, 11) is 3.78. The fourth-order valence-corrected chi connectivity index (χ4v) is 4.08. The maximum Gasteiger partial charge on any atom is 0.514 e. The number of nitro benzene ring substituents is 1. The van der Waals surface area contributed by atoms with Gasteiger partial charge in [0.1, 0.15) is 11.4 Å². The van der Waals surface area contributed by atoms with Crippen LogP contribution in [0.5, 0.6) is 5.75 Å². The van der Waals surface area contributed by atoms with E-state index in [-0.39, 0.29) is 16.5 Å². The molecule has 1 amide bonds. The van der Waals surface area contributed by atoms with Crippen molar-refractivity contribution in [3.05, 3.63) is 88.0 Å². The van der Waals surface area contributed by atoms with E-state index in [4.69, 9.17) is 9.47 Å². The molecular formula is C31H37N3O6. The summed E-state index contributed by atoms with van der Waals surface area (Å²) in [5.41, 5.74) is 3.58. The number of nitrogens with zero attached hydrogens (tertiary/aromatic N) is 2. The maximum absolute atomic E-state index is 12.4. The number of ether oxygens (including phenoxy) is 2. The minimum Gasteiger partial charge on any atom is -0.428 e. The molecule has 40 heavy (non-hydrogen) atoms. The van der Waals surface area contributed by atoms with E-state index < -0.39 is 11.8 Å². The van der Waals surface area contributed by atoms with E-state index in [0.29, 0.717) is 43.5 Å². The van der Waals surface area contributed by atoms with Crippen molar-refractivity contribution >= 4 is 23.4 Å². The molecule has 3 aromatic carbocycles. The van der Waals surface area contributed by atoms with E-state index in [2.05, 4.69) is 5.32 Å². The third-order valence-electron chi connectivity index (χ3n) is 6.10. The minimum absolute atomic E-state index is 0.0725. The van der Waals surface area contributed by atoms with Gasteiger partial charge in [0.15, 0.2) is 0 Å². The van der Waals surface area contributed by atoms with Crippen LogP contribution < -0.4 is 15.0 Å². The predicted octanol–water partition coefficient (Wildman–Crippen LogP) is 6.67. The molecule has 0 aromatic heterocycles. The number of carbonyl (C=O) groups is 2. The summed E-state index contributed by atoms with van der Waals surface area (Å²) in [5, 5.41) is 14.3. The van der Waals surface area contributed by atoms with Crippen molar-refractivity contribution in [1.82, 2.24) is 5.32 Å². The van der Waals surface area contributed by atoms with Gasteiger partial charge in [-0.25, -0.2) is 4.79 Å². The van der Waals surface area contributed by atoms with Crippen LogP contribution in [0.25, 0.3) is 11.1 Å². The molecule has 0 aliphatic heterocycles. The lowest BCUT2D eigenvalue weighted by Gasteiger charge is -2.19. The van der Waals surface area contributed by atoms with E-state index in [1.54, 1.807) is 39.0 Å². The first-order valence-corrected chi connectivity index (χ1v) is 13.2. The number of anilines is 1. The summed E-state index contributed by atoms with van der Waals surface area (Å²) in [6.45, 7) is 5.71. The van der Waals surface area contributed by atoms with E-state index in [1.165, 1.54) is 6.07 Å². The summed E-state index contributed by atoms with van der Waals surface area (Å²) in [6, 6.07) is 20.0. The number of unbranched alkanes of at least 4 members (excludes halogenated alkanes) is 1. The molecule has 9 nitrogen and oxygen atoms in total. The highest BCUT2D eigenvalue weighted by Gasteiger charge is 2.19. The van der Waals surface area contributed by atoms with Gasteiger partial charge in [0, 0.05) is 49.9 Å². The smallest absolute Gasteiger partial charge is 0.428 e. The number of para-hydroxylation sites is 1. The van der Waals surface area contributed by atoms with Crippen molar-refractivity contribution < 1.29 is 24.0 Å². The number of aryl methyl sites for hydroxylation is 1. The molecule has 0 aliphatic rings. The first kappa shape index (κ1) is 30.1. The summed E-state index contributed by atoms with van der Waals surface area (Å²) in [6.07, 6.45) is 1.41. The number of nitro groups is 1. The van der Waals surface area contributed by atoms with E-state index in [0.717, 1.165) is 22.4 Å². The van der Waals surface area contributed by atoms with Crippen LogP contribution in [0.2, 0.25) is 0 Å². The Morgan fingerprint density at radius 3 is 2.33 bits per heavy atom. The molecule has 1 N–H and O–H groups in total. The van der Waals surface area contributed by atoms with Gasteiger partial charge in [-0.3, -0.25) is 14.9 Å². The largest absolute Gasteiger partial charge is 0.514 e. The van der Waals surface area contributed by atoms with Crippen LogP contribution >= 0.6 is 0 Å². The molecule has 0 saturated carbocycles. The Bertz CT molecular complexity index is 1330. The molecule has 9 heteroatoms. The van der Waals surface area contributed by atoms with Crippen LogP contribution in [0.3, 0.4) is 0 Å². The lowest BCUT2D eigenvalue weighted by Crippen LogP contribution is -2.26. The Kier molecular flexibility index (Phi) is 10.2. The normalized spacial score (nSPS) is 11.0. The molecular weight excluding hydrogens is 510 g/mol. The Morgan fingerprint density at radius 1 is 0.975 bits per heavy atom. The molecule has 3 rings (SSSR count). The lowest BCUT2D eigenvalue weighted by atomic mass is 10.0. The van der Waals surface area contributed by atoms with Gasteiger partial charge in [-0.15, -0.1) is 0 Å². The van der Waals surface area contributed by atoms with E-state index >= 15 is 0 Å². The monoisotopic (exact) mass is 547 g/mol. The standard InChI is InChI=1S/C31H37N3O6/c1-31(2,3)40-30(36)39-28-12-8-7-11-26(28)23-16-14-22(15-17-23)21-32-29(35)13-9-6-10-24-20-25(33(4)5)18-19-27(24)34(37)38/h7-8,11-12,14-20H,6,9-10,13,21H2,1-5H3,(H,32,35). The van der Waals surface area contributed by atoms with E-state index in [1.807, 2.05) is 61.5 Å². The fourth-order valence-electron chi connectivity index (χ4n) is 4.08. The number of carbonyl (C=O) groups excluding carboxylic acids is 2. The number of hydrogen-bond acceptors (Lipinski definition) is 7. The Labute approximate surface area is 235 Å². The quantitative estimate of drug-likeness (QED) is 0.0938. The second-order valence-electron chi connectivity index (χ2n) is 10.7. The zero-order valence-electron chi connectivity index (χ0n) is 23.7. The van der Waals surface area contributed by atoms with Crippen LogP contribution in [0, 0.1) is 10.1 Å². The van der Waals surface area contributed by atoms with Gasteiger partial charge in [0.25, 0.3) is 5.69 Å². The Hall–Kier alpha value is -4.40. The third kappa shape index (κ3) is 9.11. The molecule has 0 saturated heterocycles. The topological polar surface area (TPSA) is 111 Å². The zero-order chi connectivity index (χ0) is 29.3. The van der Waals surface area contributed by atoms with Crippen LogP contribution in [0.4, 0.5) is 16.2 Å². The second kappa shape index (κ2) is 13.6. The molecule has 0 radical (unpaired) electrons. The highest BCUT2D eigenvalue weighted by Crippen LogP contribution is 2.31. The zero-order valence-corrected chi connectivity index (χ0v) is 23.7. The van der Waals surface area contributed by atoms with Gasteiger partial charge in [0.05, 0.1) is 4.92 Å². The number of rotatable bonds is 11. The van der Waals surface area contributed by atoms with Gasteiger partial charge in [-0.05, 0) is 69.4 Å². The molecule has 3 aromatic rings. The molecule has 0 heterocycles. The summed E-state index contributed by atoms with van der Waals surface area (Å²) in [5.74, 6) is 0.327. The number of benzene rings is 3. The molecule has 0 bridgehead atoms. The Morgan fingerprint density at radius 2 is 1.68 bits per heavy atom. The number of hydrogen-bond donors (Lipinski definition) is 1. The number of amides is 1. The van der Waals surface area contributed by atoms with Gasteiger partial charge >= 0.3 is 6.16 Å². The highest BCUT2D eigenvalue weighted by atomic mass is 16.7. The van der Waals surface area contributed by atoms with Crippen molar-refractivity contribution in [2.75, 3.05) is 19.0 Å². The van der Waals surface area contributed by atoms with Crippen molar-refractivity contribution in [1.29, 1.82) is 0 Å². The van der Waals surface area contributed by atoms with Gasteiger partial charge in [0.2, 0.25) is 5.91 Å². The first-order chi connectivity index (χ1) is 18.9. The van der Waals surface area contributed by atoms with Gasteiger partial charge in [-0.1, -0.05) is 42.5 Å². The van der Waals surface area contributed by atoms with Crippen LogP contribution in [-0.2, 0) is 22.5 Å². The van der Waals surface area contributed by atoms with Crippen molar-refractivity contribution in [3.63, 3.8) is 0 Å². The molecule has 0 aliphatic carbocycles.